The Balaban J connectivity index is 1.55. The maximum Gasteiger partial charge on any atom is 0.573 e. The number of aromatic nitrogens is 2. The number of amides is 1. The average molecular weight is 547 g/mol. The second-order valence-electron chi connectivity index (χ2n) is 7.65. The van der Waals surface area contributed by atoms with Crippen molar-refractivity contribution in [1.82, 2.24) is 15.5 Å². The number of nitrogens with zero attached hydrogens (tertiary/aromatic N) is 2. The molecule has 188 valence electrons. The fourth-order valence-electron chi connectivity index (χ4n) is 2.88. The van der Waals surface area contributed by atoms with Crippen LogP contribution in [0, 0.1) is 0 Å². The number of hydrogen-bond acceptors (Lipinski definition) is 7. The Labute approximate surface area is 206 Å². The molecule has 1 unspecified atom stereocenters. The predicted molar refractivity (Wildman–Crippen MR) is 130 cm³/mol. The van der Waals surface area contributed by atoms with E-state index in [-0.39, 0.29) is 33.4 Å². The number of hydrogen-bond donors (Lipinski definition) is 2. The minimum atomic E-state index is -4.82. The Morgan fingerprint density at radius 1 is 1.14 bits per heavy atom. The molecule has 1 heterocycles. The van der Waals surface area contributed by atoms with Gasteiger partial charge < -0.3 is 10.1 Å². The summed E-state index contributed by atoms with van der Waals surface area (Å²) in [5.41, 5.74) is 0.969. The highest BCUT2D eigenvalue weighted by Crippen LogP contribution is 2.25. The summed E-state index contributed by atoms with van der Waals surface area (Å²) >= 11 is 1.17. The summed E-state index contributed by atoms with van der Waals surface area (Å²) in [6.45, 7) is 4.10. The largest absolute Gasteiger partial charge is 0.573 e. The highest BCUT2D eigenvalue weighted by Gasteiger charge is 2.31. The lowest BCUT2D eigenvalue weighted by Crippen LogP contribution is -2.28. The normalized spacial score (nSPS) is 12.0. The molecule has 2 aromatic carbocycles. The van der Waals surface area contributed by atoms with E-state index >= 15 is 0 Å². The first-order valence-corrected chi connectivity index (χ1v) is 13.1. The van der Waals surface area contributed by atoms with Gasteiger partial charge in [0, 0.05) is 18.0 Å². The van der Waals surface area contributed by atoms with Gasteiger partial charge in [-0.05, 0) is 47.6 Å². The molecule has 0 bridgehead atoms. The average Bonchev–Trinajstić information content (AvgIpc) is 3.21. The van der Waals surface area contributed by atoms with Gasteiger partial charge in [0.2, 0.25) is 5.13 Å². The number of ether oxygens (including phenoxy) is 1. The molecule has 0 saturated heterocycles. The molecule has 8 nitrogen and oxygen atoms in total. The van der Waals surface area contributed by atoms with Crippen LogP contribution in [0.4, 0.5) is 18.3 Å². The van der Waals surface area contributed by atoms with Crippen LogP contribution in [0.5, 0.6) is 5.75 Å². The highest BCUT2D eigenvalue weighted by atomic mass is 32.2. The van der Waals surface area contributed by atoms with Crippen molar-refractivity contribution >= 4 is 46.9 Å². The molecule has 0 saturated carbocycles. The quantitative estimate of drug-likeness (QED) is 0.395. The van der Waals surface area contributed by atoms with Crippen LogP contribution in [0.15, 0.2) is 47.4 Å². The monoisotopic (exact) mass is 546 g/mol. The Morgan fingerprint density at radius 2 is 1.83 bits per heavy atom. The molecule has 0 aliphatic carbocycles. The van der Waals surface area contributed by atoms with Crippen molar-refractivity contribution in [2.45, 2.75) is 37.4 Å². The second-order valence-corrected chi connectivity index (χ2v) is 11.0. The molecule has 0 spiro atoms. The molecule has 1 atom stereocenters. The van der Waals surface area contributed by atoms with Crippen molar-refractivity contribution in [3.05, 3.63) is 58.6 Å². The molecule has 0 aliphatic heterocycles. The van der Waals surface area contributed by atoms with Crippen molar-refractivity contribution in [2.24, 2.45) is 0 Å². The molecule has 1 amide bonds. The third kappa shape index (κ3) is 7.61. The lowest BCUT2D eigenvalue weighted by atomic mass is 10.1. The SMILES string of the molecule is CC(C)c1nnc(NS(=O)(=O)c2ccc(CCNC(=O)c3ccc(OC(F)(F)F)cc3P)cc2)s1. The zero-order valence-electron chi connectivity index (χ0n) is 18.6. The smallest absolute Gasteiger partial charge is 0.406 e. The first kappa shape index (κ1) is 26.8. The van der Waals surface area contributed by atoms with Gasteiger partial charge in [-0.2, -0.15) is 0 Å². The Morgan fingerprint density at radius 3 is 2.40 bits per heavy atom. The van der Waals surface area contributed by atoms with Gasteiger partial charge in [0.1, 0.15) is 10.8 Å². The van der Waals surface area contributed by atoms with Gasteiger partial charge in [0.25, 0.3) is 15.9 Å². The molecule has 1 aromatic heterocycles. The second kappa shape index (κ2) is 10.9. The maximum atomic E-state index is 12.6. The van der Waals surface area contributed by atoms with Crippen molar-refractivity contribution in [3.63, 3.8) is 0 Å². The number of halogens is 3. The molecule has 0 fully saturated rings. The zero-order valence-corrected chi connectivity index (χ0v) is 21.4. The first-order chi connectivity index (χ1) is 16.3. The molecule has 3 rings (SSSR count). The van der Waals surface area contributed by atoms with E-state index in [9.17, 15) is 26.4 Å². The van der Waals surface area contributed by atoms with E-state index in [0.29, 0.717) is 6.42 Å². The summed E-state index contributed by atoms with van der Waals surface area (Å²) in [6, 6.07) is 9.57. The fourth-order valence-corrected chi connectivity index (χ4v) is 5.25. The van der Waals surface area contributed by atoms with Crippen LogP contribution in [-0.4, -0.2) is 37.4 Å². The van der Waals surface area contributed by atoms with Crippen LogP contribution in [-0.2, 0) is 16.4 Å². The summed E-state index contributed by atoms with van der Waals surface area (Å²) in [6.07, 6.45) is -4.41. The molecular formula is C21H22F3N4O4PS2. The molecule has 2 N–H and O–H groups in total. The third-order valence-corrected chi connectivity index (χ3v) is 7.69. The Hall–Kier alpha value is -2.76. The number of benzene rings is 2. The predicted octanol–water partition coefficient (Wildman–Crippen LogP) is 3.83. The van der Waals surface area contributed by atoms with Crippen LogP contribution in [0.2, 0.25) is 0 Å². The van der Waals surface area contributed by atoms with E-state index in [0.717, 1.165) is 22.7 Å². The molecule has 3 aromatic rings. The summed E-state index contributed by atoms with van der Waals surface area (Å²) < 4.78 is 68.4. The summed E-state index contributed by atoms with van der Waals surface area (Å²) in [5, 5.41) is 11.7. The first-order valence-electron chi connectivity index (χ1n) is 10.2. The maximum absolute atomic E-state index is 12.6. The van der Waals surface area contributed by atoms with Gasteiger partial charge in [-0.25, -0.2) is 8.42 Å². The number of anilines is 1. The van der Waals surface area contributed by atoms with Crippen LogP contribution in [0.1, 0.15) is 40.7 Å². The lowest BCUT2D eigenvalue weighted by Gasteiger charge is -2.12. The van der Waals surface area contributed by atoms with Gasteiger partial charge >= 0.3 is 6.36 Å². The van der Waals surface area contributed by atoms with E-state index in [4.69, 9.17) is 0 Å². The number of nitrogens with one attached hydrogen (secondary N) is 2. The topological polar surface area (TPSA) is 110 Å². The van der Waals surface area contributed by atoms with E-state index < -0.39 is 28.0 Å². The van der Waals surface area contributed by atoms with Gasteiger partial charge in [-0.1, -0.05) is 37.3 Å². The molecular weight excluding hydrogens is 524 g/mol. The standard InChI is InChI=1S/C21H22F3N4O4PS2/c1-12(2)19-26-27-20(34-19)28-35(30,31)15-6-3-13(4-7-15)9-10-25-18(29)16-8-5-14(11-17(16)33)32-21(22,23)24/h3-8,11-12H,9-10,33H2,1-2H3,(H,25,29)(H,27,28). The summed E-state index contributed by atoms with van der Waals surface area (Å²) in [4.78, 5) is 12.4. The van der Waals surface area contributed by atoms with Crippen LogP contribution in [0.25, 0.3) is 0 Å². The van der Waals surface area contributed by atoms with Gasteiger partial charge in [-0.15, -0.1) is 32.6 Å². The van der Waals surface area contributed by atoms with Crippen molar-refractivity contribution in [1.29, 1.82) is 0 Å². The van der Waals surface area contributed by atoms with Crippen molar-refractivity contribution in [3.8, 4) is 5.75 Å². The molecule has 0 radical (unpaired) electrons. The number of rotatable bonds is 9. The number of carbonyl (C=O) groups is 1. The van der Waals surface area contributed by atoms with Gasteiger partial charge in [0.15, 0.2) is 0 Å². The fraction of sp³-hybridized carbons (Fsp3) is 0.286. The lowest BCUT2D eigenvalue weighted by molar-refractivity contribution is -0.274. The summed E-state index contributed by atoms with van der Waals surface area (Å²) in [5.74, 6) is -0.749. The van der Waals surface area contributed by atoms with Gasteiger partial charge in [-0.3, -0.25) is 9.52 Å². The van der Waals surface area contributed by atoms with E-state index in [1.165, 1.54) is 29.5 Å². The van der Waals surface area contributed by atoms with Crippen LogP contribution in [0.3, 0.4) is 0 Å². The highest BCUT2D eigenvalue weighted by molar-refractivity contribution is 7.93. The zero-order chi connectivity index (χ0) is 25.8. The third-order valence-electron chi connectivity index (χ3n) is 4.59. The summed E-state index contributed by atoms with van der Waals surface area (Å²) in [7, 11) is -1.62. The van der Waals surface area contributed by atoms with Crippen molar-refractivity contribution < 1.29 is 31.1 Å². The Kier molecular flexibility index (Phi) is 8.34. The number of alkyl halides is 3. The van der Waals surface area contributed by atoms with E-state index in [1.54, 1.807) is 12.1 Å². The van der Waals surface area contributed by atoms with Crippen molar-refractivity contribution in [2.75, 3.05) is 11.3 Å². The van der Waals surface area contributed by atoms with E-state index in [1.807, 2.05) is 13.8 Å². The van der Waals surface area contributed by atoms with E-state index in [2.05, 4.69) is 34.2 Å². The minimum Gasteiger partial charge on any atom is -0.406 e. The number of sulfonamides is 1. The number of carbonyl (C=O) groups excluding carboxylic acids is 1. The molecule has 35 heavy (non-hydrogen) atoms. The van der Waals surface area contributed by atoms with Crippen LogP contribution < -0.4 is 20.1 Å². The van der Waals surface area contributed by atoms with Crippen LogP contribution >= 0.6 is 20.6 Å². The Bertz CT molecular complexity index is 1300. The minimum absolute atomic E-state index is 0.0559. The molecule has 14 heteroatoms. The molecule has 0 aliphatic rings. The van der Waals surface area contributed by atoms with Gasteiger partial charge in [0.05, 0.1) is 4.90 Å².